The highest BCUT2D eigenvalue weighted by atomic mass is 14.9. The van der Waals surface area contributed by atoms with Crippen LogP contribution in [0.4, 0.5) is 0 Å². The maximum absolute atomic E-state index is 4.69. The van der Waals surface area contributed by atoms with Crippen molar-refractivity contribution < 1.29 is 0 Å². The van der Waals surface area contributed by atoms with Crippen LogP contribution in [0.15, 0.2) is 24.3 Å². The molecular weight excluding hydrogens is 258 g/mol. The number of aromatic nitrogens is 2. The van der Waals surface area contributed by atoms with Crippen LogP contribution in [0.5, 0.6) is 0 Å². The highest BCUT2D eigenvalue weighted by Gasteiger charge is 2.10. The number of hydrogen-bond donors (Lipinski definition) is 1. The van der Waals surface area contributed by atoms with Gasteiger partial charge in [0.1, 0.15) is 0 Å². The minimum absolute atomic E-state index is 0.463. The zero-order valence-electron chi connectivity index (χ0n) is 13.7. The molecule has 0 aliphatic rings. The molecule has 21 heavy (non-hydrogen) atoms. The summed E-state index contributed by atoms with van der Waals surface area (Å²) in [6.45, 7) is 11.4. The molecule has 0 spiro atoms. The van der Waals surface area contributed by atoms with Crippen molar-refractivity contribution in [2.24, 2.45) is 0 Å². The summed E-state index contributed by atoms with van der Waals surface area (Å²) >= 11 is 0. The number of rotatable bonds is 5. The van der Waals surface area contributed by atoms with Gasteiger partial charge in [-0.3, -0.25) is 0 Å². The minimum atomic E-state index is 0.463. The van der Waals surface area contributed by atoms with Gasteiger partial charge in [0, 0.05) is 35.1 Å². The Balaban J connectivity index is 2.29. The standard InChI is InChI=1S/C18H25N3/c1-6-15-7-9-16(10-8-15)18-20-13(4)17(14(5)21-18)11-19-12(2)3/h7-10,12,19H,6,11H2,1-5H3. The van der Waals surface area contributed by atoms with E-state index in [2.05, 4.69) is 74.2 Å². The quantitative estimate of drug-likeness (QED) is 0.906. The first-order valence-corrected chi connectivity index (χ1v) is 7.68. The van der Waals surface area contributed by atoms with E-state index in [9.17, 15) is 0 Å². The predicted molar refractivity (Wildman–Crippen MR) is 88.3 cm³/mol. The van der Waals surface area contributed by atoms with Gasteiger partial charge in [-0.2, -0.15) is 0 Å². The van der Waals surface area contributed by atoms with Gasteiger partial charge in [-0.15, -0.1) is 0 Å². The first-order valence-electron chi connectivity index (χ1n) is 7.68. The second kappa shape index (κ2) is 6.81. The van der Waals surface area contributed by atoms with Crippen LogP contribution in [-0.4, -0.2) is 16.0 Å². The molecular formula is C18H25N3. The van der Waals surface area contributed by atoms with Gasteiger partial charge in [0.05, 0.1) is 0 Å². The van der Waals surface area contributed by atoms with E-state index in [4.69, 9.17) is 0 Å². The molecule has 0 atom stereocenters. The van der Waals surface area contributed by atoms with Gasteiger partial charge < -0.3 is 5.32 Å². The van der Waals surface area contributed by atoms with Crippen molar-refractivity contribution in [2.75, 3.05) is 0 Å². The summed E-state index contributed by atoms with van der Waals surface area (Å²) in [4.78, 5) is 9.37. The zero-order valence-corrected chi connectivity index (χ0v) is 13.7. The zero-order chi connectivity index (χ0) is 15.4. The van der Waals surface area contributed by atoms with Gasteiger partial charge in [0.15, 0.2) is 5.82 Å². The fourth-order valence-corrected chi connectivity index (χ4v) is 2.32. The van der Waals surface area contributed by atoms with Crippen molar-refractivity contribution in [3.8, 4) is 11.4 Å². The first kappa shape index (κ1) is 15.6. The monoisotopic (exact) mass is 283 g/mol. The lowest BCUT2D eigenvalue weighted by Crippen LogP contribution is -2.23. The summed E-state index contributed by atoms with van der Waals surface area (Å²) in [5, 5.41) is 3.44. The van der Waals surface area contributed by atoms with Crippen molar-refractivity contribution in [1.82, 2.24) is 15.3 Å². The van der Waals surface area contributed by atoms with Crippen molar-refractivity contribution in [1.29, 1.82) is 0 Å². The maximum Gasteiger partial charge on any atom is 0.159 e. The van der Waals surface area contributed by atoms with Crippen molar-refractivity contribution in [3.05, 3.63) is 46.8 Å². The van der Waals surface area contributed by atoms with Crippen LogP contribution in [0, 0.1) is 13.8 Å². The Morgan fingerprint density at radius 2 is 1.57 bits per heavy atom. The molecule has 0 saturated carbocycles. The average Bonchev–Trinajstić information content (AvgIpc) is 2.46. The molecule has 0 amide bonds. The molecule has 0 bridgehead atoms. The van der Waals surface area contributed by atoms with Gasteiger partial charge in [0.2, 0.25) is 0 Å². The Morgan fingerprint density at radius 1 is 1.00 bits per heavy atom. The van der Waals surface area contributed by atoms with Crippen molar-refractivity contribution in [3.63, 3.8) is 0 Å². The minimum Gasteiger partial charge on any atom is -0.310 e. The Bertz CT molecular complexity index is 577. The van der Waals surface area contributed by atoms with Gasteiger partial charge in [-0.25, -0.2) is 9.97 Å². The van der Waals surface area contributed by atoms with E-state index in [0.29, 0.717) is 6.04 Å². The molecule has 0 fully saturated rings. The molecule has 0 unspecified atom stereocenters. The van der Waals surface area contributed by atoms with E-state index in [0.717, 1.165) is 35.7 Å². The Hall–Kier alpha value is -1.74. The molecule has 3 heteroatoms. The third-order valence-electron chi connectivity index (χ3n) is 3.73. The van der Waals surface area contributed by atoms with Crippen molar-refractivity contribution in [2.45, 2.75) is 53.6 Å². The largest absolute Gasteiger partial charge is 0.310 e. The highest BCUT2D eigenvalue weighted by Crippen LogP contribution is 2.19. The molecule has 1 heterocycles. The van der Waals surface area contributed by atoms with Crippen LogP contribution in [0.25, 0.3) is 11.4 Å². The fourth-order valence-electron chi connectivity index (χ4n) is 2.32. The van der Waals surface area contributed by atoms with E-state index in [1.54, 1.807) is 0 Å². The van der Waals surface area contributed by atoms with Crippen LogP contribution < -0.4 is 5.32 Å². The summed E-state index contributed by atoms with van der Waals surface area (Å²) in [6.07, 6.45) is 1.05. The van der Waals surface area contributed by atoms with Crippen LogP contribution in [0.1, 0.15) is 43.3 Å². The van der Waals surface area contributed by atoms with E-state index >= 15 is 0 Å². The maximum atomic E-state index is 4.69. The van der Waals surface area contributed by atoms with E-state index < -0.39 is 0 Å². The third-order valence-corrected chi connectivity index (χ3v) is 3.73. The molecule has 2 rings (SSSR count). The van der Waals surface area contributed by atoms with Gasteiger partial charge in [-0.05, 0) is 25.8 Å². The smallest absolute Gasteiger partial charge is 0.159 e. The first-order chi connectivity index (χ1) is 10.0. The van der Waals surface area contributed by atoms with Gasteiger partial charge in [0.25, 0.3) is 0 Å². The van der Waals surface area contributed by atoms with E-state index in [1.165, 1.54) is 11.1 Å². The number of nitrogens with zero attached hydrogens (tertiary/aromatic N) is 2. The molecule has 0 aliphatic heterocycles. The van der Waals surface area contributed by atoms with Gasteiger partial charge in [-0.1, -0.05) is 45.0 Å². The third kappa shape index (κ3) is 3.88. The fraction of sp³-hybridized carbons (Fsp3) is 0.444. The summed E-state index contributed by atoms with van der Waals surface area (Å²) in [5.41, 5.74) is 5.75. The second-order valence-corrected chi connectivity index (χ2v) is 5.78. The topological polar surface area (TPSA) is 37.8 Å². The molecule has 0 saturated heterocycles. The van der Waals surface area contributed by atoms with E-state index in [-0.39, 0.29) is 0 Å². The molecule has 2 aromatic rings. The lowest BCUT2D eigenvalue weighted by molar-refractivity contribution is 0.583. The number of hydrogen-bond acceptors (Lipinski definition) is 3. The van der Waals surface area contributed by atoms with Crippen molar-refractivity contribution >= 4 is 0 Å². The molecule has 3 nitrogen and oxygen atoms in total. The predicted octanol–water partition coefficient (Wildman–Crippen LogP) is 3.82. The molecule has 1 aromatic heterocycles. The summed E-state index contributed by atoms with van der Waals surface area (Å²) < 4.78 is 0. The molecule has 0 aliphatic carbocycles. The summed E-state index contributed by atoms with van der Waals surface area (Å²) in [6, 6.07) is 8.98. The summed E-state index contributed by atoms with van der Waals surface area (Å²) in [7, 11) is 0. The van der Waals surface area contributed by atoms with Crippen LogP contribution in [0.2, 0.25) is 0 Å². The normalized spacial score (nSPS) is 11.1. The Labute approximate surface area is 127 Å². The Morgan fingerprint density at radius 3 is 2.05 bits per heavy atom. The Kier molecular flexibility index (Phi) is 5.07. The number of benzene rings is 1. The van der Waals surface area contributed by atoms with E-state index in [1.807, 2.05) is 0 Å². The second-order valence-electron chi connectivity index (χ2n) is 5.78. The lowest BCUT2D eigenvalue weighted by atomic mass is 10.1. The lowest BCUT2D eigenvalue weighted by Gasteiger charge is -2.13. The molecule has 1 aromatic carbocycles. The molecule has 0 radical (unpaired) electrons. The van der Waals surface area contributed by atoms with Crippen LogP contribution >= 0.6 is 0 Å². The SMILES string of the molecule is CCc1ccc(-c2nc(C)c(CNC(C)C)c(C)n2)cc1. The van der Waals surface area contributed by atoms with Crippen LogP contribution in [-0.2, 0) is 13.0 Å². The number of nitrogens with one attached hydrogen (secondary N) is 1. The highest BCUT2D eigenvalue weighted by molar-refractivity contribution is 5.56. The average molecular weight is 283 g/mol. The van der Waals surface area contributed by atoms with Gasteiger partial charge >= 0.3 is 0 Å². The summed E-state index contributed by atoms with van der Waals surface area (Å²) in [5.74, 6) is 0.820. The van der Waals surface area contributed by atoms with Crippen LogP contribution in [0.3, 0.4) is 0 Å². The number of aryl methyl sites for hydroxylation is 3. The molecule has 112 valence electrons. The molecule has 1 N–H and O–H groups in total.